The van der Waals surface area contributed by atoms with Gasteiger partial charge in [-0.1, -0.05) is 54.4 Å². The second kappa shape index (κ2) is 10.6. The standard InChI is InChI=1S/C29H29N3O3S/c1-19-7-9-20(10-8-19)18-36-29-31-26-17-21(27(33)30-22-5-3-4-6-22)11-16-25(26)28(34)32(29)23-12-14-24(35-2)15-13-23/h7-17,22H,3-6,18H2,1-2H3,(H,30,33). The molecule has 3 aromatic carbocycles. The summed E-state index contributed by atoms with van der Waals surface area (Å²) in [5.74, 6) is 1.27. The van der Waals surface area contributed by atoms with Crippen molar-refractivity contribution in [1.82, 2.24) is 14.9 Å². The van der Waals surface area contributed by atoms with Gasteiger partial charge in [-0.3, -0.25) is 14.2 Å². The quantitative estimate of drug-likeness (QED) is 0.262. The fourth-order valence-corrected chi connectivity index (χ4v) is 5.50. The molecule has 0 spiro atoms. The van der Waals surface area contributed by atoms with Gasteiger partial charge in [-0.2, -0.15) is 0 Å². The molecule has 0 aliphatic heterocycles. The van der Waals surface area contributed by atoms with Crippen molar-refractivity contribution < 1.29 is 9.53 Å². The minimum Gasteiger partial charge on any atom is -0.497 e. The molecule has 1 N–H and O–H groups in total. The number of aromatic nitrogens is 2. The van der Waals surface area contributed by atoms with Crippen molar-refractivity contribution >= 4 is 28.6 Å². The smallest absolute Gasteiger partial charge is 0.266 e. The first-order valence-corrected chi connectivity index (χ1v) is 13.2. The van der Waals surface area contributed by atoms with Crippen molar-refractivity contribution in [2.75, 3.05) is 7.11 Å². The zero-order chi connectivity index (χ0) is 25.1. The lowest BCUT2D eigenvalue weighted by Crippen LogP contribution is -2.32. The van der Waals surface area contributed by atoms with Crippen molar-refractivity contribution in [2.24, 2.45) is 0 Å². The molecule has 0 saturated heterocycles. The third-order valence-corrected chi connectivity index (χ3v) is 7.62. The highest BCUT2D eigenvalue weighted by Gasteiger charge is 2.20. The first kappa shape index (κ1) is 24.1. The topological polar surface area (TPSA) is 73.2 Å². The van der Waals surface area contributed by atoms with E-state index in [4.69, 9.17) is 9.72 Å². The first-order valence-electron chi connectivity index (χ1n) is 12.2. The Bertz CT molecular complexity index is 1440. The number of hydrogen-bond acceptors (Lipinski definition) is 5. The third kappa shape index (κ3) is 5.16. The molecule has 4 aromatic rings. The Kier molecular flexibility index (Phi) is 7.09. The van der Waals surface area contributed by atoms with E-state index >= 15 is 0 Å². The van der Waals surface area contributed by atoms with E-state index in [0.717, 1.165) is 31.2 Å². The number of amides is 1. The van der Waals surface area contributed by atoms with Gasteiger partial charge in [-0.25, -0.2) is 4.98 Å². The molecule has 6 nitrogen and oxygen atoms in total. The maximum absolute atomic E-state index is 13.7. The van der Waals surface area contributed by atoms with Gasteiger partial charge in [-0.15, -0.1) is 0 Å². The van der Waals surface area contributed by atoms with Gasteiger partial charge in [0.15, 0.2) is 5.16 Å². The minimum absolute atomic E-state index is 0.112. The first-order chi connectivity index (χ1) is 17.5. The lowest BCUT2D eigenvalue weighted by molar-refractivity contribution is 0.0938. The van der Waals surface area contributed by atoms with E-state index in [0.29, 0.717) is 38.8 Å². The second-order valence-electron chi connectivity index (χ2n) is 9.19. The van der Waals surface area contributed by atoms with Gasteiger partial charge < -0.3 is 10.1 Å². The number of nitrogens with zero attached hydrogens (tertiary/aromatic N) is 2. The Hall–Kier alpha value is -3.58. The van der Waals surface area contributed by atoms with Crippen LogP contribution in [0, 0.1) is 6.92 Å². The van der Waals surface area contributed by atoms with E-state index in [1.54, 1.807) is 29.9 Å². The second-order valence-corrected chi connectivity index (χ2v) is 10.1. The van der Waals surface area contributed by atoms with Crippen molar-refractivity contribution in [3.8, 4) is 11.4 Å². The van der Waals surface area contributed by atoms with Gasteiger partial charge >= 0.3 is 0 Å². The molecule has 1 aliphatic rings. The van der Waals surface area contributed by atoms with Crippen LogP contribution in [0.15, 0.2) is 76.7 Å². The van der Waals surface area contributed by atoms with Crippen molar-refractivity contribution in [3.05, 3.63) is 93.8 Å². The van der Waals surface area contributed by atoms with Crippen molar-refractivity contribution in [1.29, 1.82) is 0 Å². The monoisotopic (exact) mass is 499 g/mol. The molecule has 184 valence electrons. The van der Waals surface area contributed by atoms with Crippen molar-refractivity contribution in [2.45, 2.75) is 49.6 Å². The van der Waals surface area contributed by atoms with E-state index in [2.05, 4.69) is 36.5 Å². The Balaban J connectivity index is 1.54. The van der Waals surface area contributed by atoms with Crippen LogP contribution in [0.3, 0.4) is 0 Å². The average molecular weight is 500 g/mol. The maximum Gasteiger partial charge on any atom is 0.266 e. The summed E-state index contributed by atoms with van der Waals surface area (Å²) in [4.78, 5) is 31.4. The Morgan fingerprint density at radius 1 is 1.06 bits per heavy atom. The molecule has 1 fully saturated rings. The van der Waals surface area contributed by atoms with Crippen LogP contribution in [0.5, 0.6) is 5.75 Å². The highest BCUT2D eigenvalue weighted by Crippen LogP contribution is 2.26. The van der Waals surface area contributed by atoms with Gasteiger partial charge in [-0.05, 0) is 67.8 Å². The zero-order valence-corrected chi connectivity index (χ0v) is 21.3. The minimum atomic E-state index is -0.167. The summed E-state index contributed by atoms with van der Waals surface area (Å²) in [6.07, 6.45) is 4.33. The number of nitrogens with one attached hydrogen (secondary N) is 1. The Morgan fingerprint density at radius 2 is 1.78 bits per heavy atom. The summed E-state index contributed by atoms with van der Waals surface area (Å²) in [5.41, 5.74) is 3.94. The van der Waals surface area contributed by atoms with E-state index < -0.39 is 0 Å². The molecule has 1 amide bonds. The van der Waals surface area contributed by atoms with Crippen LogP contribution in [0.2, 0.25) is 0 Å². The predicted octanol–water partition coefficient (Wildman–Crippen LogP) is 5.67. The summed E-state index contributed by atoms with van der Waals surface area (Å²) < 4.78 is 6.93. The number of benzene rings is 3. The highest BCUT2D eigenvalue weighted by molar-refractivity contribution is 7.98. The van der Waals surface area contributed by atoms with E-state index in [1.165, 1.54) is 17.3 Å². The van der Waals surface area contributed by atoms with Gasteiger partial charge in [0.2, 0.25) is 0 Å². The Morgan fingerprint density at radius 3 is 2.47 bits per heavy atom. The molecular formula is C29H29N3O3S. The summed E-state index contributed by atoms with van der Waals surface area (Å²) in [6, 6.07) is 21.1. The van der Waals surface area contributed by atoms with Gasteiger partial charge in [0.05, 0.1) is 23.7 Å². The predicted molar refractivity (Wildman–Crippen MR) is 144 cm³/mol. The van der Waals surface area contributed by atoms with Gasteiger partial charge in [0.1, 0.15) is 5.75 Å². The molecule has 36 heavy (non-hydrogen) atoms. The molecule has 7 heteroatoms. The largest absolute Gasteiger partial charge is 0.497 e. The molecule has 1 heterocycles. The number of ether oxygens (including phenoxy) is 1. The number of fused-ring (bicyclic) bond motifs is 1. The summed E-state index contributed by atoms with van der Waals surface area (Å²) >= 11 is 1.50. The summed E-state index contributed by atoms with van der Waals surface area (Å²) in [7, 11) is 1.61. The SMILES string of the molecule is COc1ccc(-n2c(SCc3ccc(C)cc3)nc3cc(C(=O)NC4CCCC4)ccc3c2=O)cc1. The molecule has 1 saturated carbocycles. The normalized spacial score (nSPS) is 13.7. The van der Waals surface area contributed by atoms with Crippen LogP contribution < -0.4 is 15.6 Å². The van der Waals surface area contributed by atoms with Gasteiger partial charge in [0.25, 0.3) is 11.5 Å². The van der Waals surface area contributed by atoms with E-state index in [-0.39, 0.29) is 17.5 Å². The fourth-order valence-electron chi connectivity index (χ4n) is 4.53. The molecular weight excluding hydrogens is 470 g/mol. The third-order valence-electron chi connectivity index (χ3n) is 6.61. The molecule has 5 rings (SSSR count). The summed E-state index contributed by atoms with van der Waals surface area (Å²) in [5, 5.41) is 4.17. The van der Waals surface area contributed by atoms with Crippen LogP contribution in [-0.2, 0) is 5.75 Å². The average Bonchev–Trinajstić information content (AvgIpc) is 3.41. The lowest BCUT2D eigenvalue weighted by Gasteiger charge is -2.15. The van der Waals surface area contributed by atoms with Crippen LogP contribution in [0.25, 0.3) is 16.6 Å². The van der Waals surface area contributed by atoms with E-state index in [1.807, 2.05) is 24.3 Å². The number of methoxy groups -OCH3 is 1. The number of aryl methyl sites for hydroxylation is 1. The molecule has 0 unspecified atom stereocenters. The van der Waals surface area contributed by atoms with Crippen LogP contribution in [0.4, 0.5) is 0 Å². The van der Waals surface area contributed by atoms with Crippen LogP contribution >= 0.6 is 11.8 Å². The maximum atomic E-state index is 13.7. The van der Waals surface area contributed by atoms with Gasteiger partial charge in [0, 0.05) is 17.4 Å². The number of carbonyl (C=O) groups is 1. The fraction of sp³-hybridized carbons (Fsp3) is 0.276. The van der Waals surface area contributed by atoms with Crippen LogP contribution in [-0.4, -0.2) is 28.6 Å². The highest BCUT2D eigenvalue weighted by atomic mass is 32.2. The molecule has 0 bridgehead atoms. The molecule has 1 aromatic heterocycles. The van der Waals surface area contributed by atoms with E-state index in [9.17, 15) is 9.59 Å². The Labute approximate surface area is 214 Å². The molecule has 0 atom stereocenters. The summed E-state index contributed by atoms with van der Waals surface area (Å²) in [6.45, 7) is 2.06. The molecule has 0 radical (unpaired) electrons. The number of hydrogen-bond donors (Lipinski definition) is 1. The number of rotatable bonds is 7. The number of thioether (sulfide) groups is 1. The molecule has 1 aliphatic carbocycles. The number of carbonyl (C=O) groups excluding carboxylic acids is 1. The zero-order valence-electron chi connectivity index (χ0n) is 20.5. The van der Waals surface area contributed by atoms with Crippen molar-refractivity contribution in [3.63, 3.8) is 0 Å². The lowest BCUT2D eigenvalue weighted by atomic mass is 10.1. The van der Waals surface area contributed by atoms with Crippen LogP contribution in [0.1, 0.15) is 47.2 Å².